The number of imidazole rings is 1. The van der Waals surface area contributed by atoms with Crippen LogP contribution in [0.1, 0.15) is 30.8 Å². The number of aryl methyl sites for hydroxylation is 3. The lowest BCUT2D eigenvalue weighted by atomic mass is 10.0. The summed E-state index contributed by atoms with van der Waals surface area (Å²) in [7, 11) is 3.77. The van der Waals surface area contributed by atoms with Gasteiger partial charge in [-0.3, -0.25) is 4.68 Å². The number of hydrogen-bond donors (Lipinski definition) is 0. The van der Waals surface area contributed by atoms with E-state index in [1.54, 1.807) is 7.11 Å². The van der Waals surface area contributed by atoms with Gasteiger partial charge in [0, 0.05) is 39.6 Å². The highest BCUT2D eigenvalue weighted by Crippen LogP contribution is 2.50. The largest absolute Gasteiger partial charge is 0.385 e. The van der Waals surface area contributed by atoms with Crippen LogP contribution in [0.15, 0.2) is 0 Å². The van der Waals surface area contributed by atoms with Gasteiger partial charge in [0.05, 0.1) is 5.69 Å². The molecule has 21 heavy (non-hydrogen) atoms. The van der Waals surface area contributed by atoms with Crippen LogP contribution >= 0.6 is 11.6 Å². The molecule has 0 unspecified atom stereocenters. The van der Waals surface area contributed by atoms with Crippen molar-refractivity contribution in [3.05, 3.63) is 11.5 Å². The van der Waals surface area contributed by atoms with Crippen molar-refractivity contribution in [2.45, 2.75) is 39.2 Å². The van der Waals surface area contributed by atoms with E-state index in [0.717, 1.165) is 48.7 Å². The summed E-state index contributed by atoms with van der Waals surface area (Å²) in [5, 5.41) is 4.50. The molecule has 0 radical (unpaired) electrons. The first kappa shape index (κ1) is 14.9. The molecule has 0 saturated heterocycles. The third-order valence-corrected chi connectivity index (χ3v) is 4.76. The zero-order valence-electron chi connectivity index (χ0n) is 13.0. The summed E-state index contributed by atoms with van der Waals surface area (Å²) in [6, 6.07) is 0. The van der Waals surface area contributed by atoms with E-state index < -0.39 is 0 Å². The number of nitrogens with zero attached hydrogens (tertiary/aromatic N) is 4. The van der Waals surface area contributed by atoms with Crippen LogP contribution in [-0.4, -0.2) is 38.9 Å². The quantitative estimate of drug-likeness (QED) is 0.739. The van der Waals surface area contributed by atoms with E-state index >= 15 is 0 Å². The molecule has 5 nitrogen and oxygen atoms in total. The first-order valence-electron chi connectivity index (χ1n) is 7.54. The minimum absolute atomic E-state index is 0.378. The van der Waals surface area contributed by atoms with Gasteiger partial charge in [-0.25, -0.2) is 4.98 Å². The summed E-state index contributed by atoms with van der Waals surface area (Å²) < 4.78 is 9.55. The van der Waals surface area contributed by atoms with Gasteiger partial charge in [0.1, 0.15) is 11.3 Å². The fraction of sp³-hybridized carbons (Fsp3) is 0.733. The van der Waals surface area contributed by atoms with Crippen LogP contribution < -0.4 is 0 Å². The van der Waals surface area contributed by atoms with Gasteiger partial charge in [-0.05, 0) is 31.6 Å². The third kappa shape index (κ3) is 2.69. The summed E-state index contributed by atoms with van der Waals surface area (Å²) in [4.78, 5) is 4.78. The molecule has 0 atom stereocenters. The second kappa shape index (κ2) is 5.61. The standard InChI is InChI=1S/C15H23ClN4O/c1-11-13-14(19(2)18-11)20(12(17-13)4-8-16)10-15(5-6-15)7-9-21-3/h4-10H2,1-3H3. The van der Waals surface area contributed by atoms with Crippen LogP contribution in [0, 0.1) is 12.3 Å². The Kier molecular flexibility index (Phi) is 3.97. The smallest absolute Gasteiger partial charge is 0.158 e. The lowest BCUT2D eigenvalue weighted by Crippen LogP contribution is -2.17. The number of aromatic nitrogens is 4. The molecule has 1 fully saturated rings. The Morgan fingerprint density at radius 2 is 2.14 bits per heavy atom. The second-order valence-corrected chi connectivity index (χ2v) is 6.56. The fourth-order valence-electron chi connectivity index (χ4n) is 3.14. The molecule has 3 rings (SSSR count). The lowest BCUT2D eigenvalue weighted by Gasteiger charge is -2.18. The lowest BCUT2D eigenvalue weighted by molar-refractivity contribution is 0.166. The van der Waals surface area contributed by atoms with Gasteiger partial charge in [-0.2, -0.15) is 5.10 Å². The summed E-state index contributed by atoms with van der Waals surface area (Å²) in [5.74, 6) is 1.68. The van der Waals surface area contributed by atoms with Gasteiger partial charge in [0.15, 0.2) is 5.65 Å². The van der Waals surface area contributed by atoms with Crippen molar-refractivity contribution in [3.8, 4) is 0 Å². The SMILES string of the molecule is COCCC1(Cn2c(CCCl)nc3c(C)nn(C)c32)CC1. The highest BCUT2D eigenvalue weighted by Gasteiger charge is 2.43. The van der Waals surface area contributed by atoms with Gasteiger partial charge >= 0.3 is 0 Å². The van der Waals surface area contributed by atoms with Gasteiger partial charge in [-0.15, -0.1) is 11.6 Å². The molecule has 0 N–H and O–H groups in total. The Labute approximate surface area is 130 Å². The van der Waals surface area contributed by atoms with E-state index in [1.165, 1.54) is 12.8 Å². The van der Waals surface area contributed by atoms with Crippen molar-refractivity contribution in [2.24, 2.45) is 12.5 Å². The Balaban J connectivity index is 1.97. The number of rotatable bonds is 7. The summed E-state index contributed by atoms with van der Waals surface area (Å²) in [5.41, 5.74) is 3.50. The maximum absolute atomic E-state index is 5.96. The first-order chi connectivity index (χ1) is 10.1. The number of fused-ring (bicyclic) bond motifs is 1. The second-order valence-electron chi connectivity index (χ2n) is 6.18. The van der Waals surface area contributed by atoms with Crippen molar-refractivity contribution >= 4 is 22.8 Å². The van der Waals surface area contributed by atoms with Crippen LogP contribution in [-0.2, 0) is 24.8 Å². The predicted molar refractivity (Wildman–Crippen MR) is 83.8 cm³/mol. The monoisotopic (exact) mass is 310 g/mol. The minimum Gasteiger partial charge on any atom is -0.385 e. The van der Waals surface area contributed by atoms with E-state index in [-0.39, 0.29) is 0 Å². The highest BCUT2D eigenvalue weighted by atomic mass is 35.5. The molecule has 2 aromatic rings. The van der Waals surface area contributed by atoms with Gasteiger partial charge in [0.25, 0.3) is 0 Å². The number of ether oxygens (including phenoxy) is 1. The van der Waals surface area contributed by atoms with E-state index in [2.05, 4.69) is 9.67 Å². The topological polar surface area (TPSA) is 44.9 Å². The van der Waals surface area contributed by atoms with E-state index in [4.69, 9.17) is 21.3 Å². The molecule has 0 bridgehead atoms. The Morgan fingerprint density at radius 3 is 2.76 bits per heavy atom. The molecule has 1 aliphatic carbocycles. The predicted octanol–water partition coefficient (Wildman–Crippen LogP) is 2.68. The maximum atomic E-state index is 5.96. The average Bonchev–Trinajstić information content (AvgIpc) is 3.04. The summed E-state index contributed by atoms with van der Waals surface area (Å²) >= 11 is 5.96. The molecule has 0 aromatic carbocycles. The number of alkyl halides is 1. The molecule has 2 aromatic heterocycles. The Hall–Kier alpha value is -1.07. The maximum Gasteiger partial charge on any atom is 0.158 e. The van der Waals surface area contributed by atoms with Crippen LogP contribution in [0.5, 0.6) is 0 Å². The highest BCUT2D eigenvalue weighted by molar-refractivity contribution is 6.17. The number of hydrogen-bond acceptors (Lipinski definition) is 3. The van der Waals surface area contributed by atoms with Crippen molar-refractivity contribution in [3.63, 3.8) is 0 Å². The molecule has 0 amide bonds. The van der Waals surface area contributed by atoms with E-state index in [9.17, 15) is 0 Å². The van der Waals surface area contributed by atoms with Crippen LogP contribution in [0.3, 0.4) is 0 Å². The number of halogens is 1. The fourth-order valence-corrected chi connectivity index (χ4v) is 3.31. The molecule has 0 spiro atoms. The van der Waals surface area contributed by atoms with E-state index in [0.29, 0.717) is 11.3 Å². The van der Waals surface area contributed by atoms with Crippen molar-refractivity contribution < 1.29 is 4.74 Å². The molecule has 1 aliphatic rings. The zero-order chi connectivity index (χ0) is 15.0. The molecule has 6 heteroatoms. The molecular weight excluding hydrogens is 288 g/mol. The molecule has 116 valence electrons. The van der Waals surface area contributed by atoms with Gasteiger partial charge < -0.3 is 9.30 Å². The van der Waals surface area contributed by atoms with Crippen molar-refractivity contribution in [1.82, 2.24) is 19.3 Å². The van der Waals surface area contributed by atoms with Crippen molar-refractivity contribution in [2.75, 3.05) is 19.6 Å². The molecular formula is C15H23ClN4O. The Morgan fingerprint density at radius 1 is 1.38 bits per heavy atom. The van der Waals surface area contributed by atoms with Crippen LogP contribution in [0.4, 0.5) is 0 Å². The van der Waals surface area contributed by atoms with Crippen molar-refractivity contribution in [1.29, 1.82) is 0 Å². The summed E-state index contributed by atoms with van der Waals surface area (Å²) in [6.07, 6.45) is 4.46. The molecule has 1 saturated carbocycles. The zero-order valence-corrected chi connectivity index (χ0v) is 13.8. The normalized spacial score (nSPS) is 16.8. The van der Waals surface area contributed by atoms with E-state index in [1.807, 2.05) is 18.7 Å². The average molecular weight is 311 g/mol. The third-order valence-electron chi connectivity index (χ3n) is 4.57. The minimum atomic E-state index is 0.378. The molecule has 2 heterocycles. The first-order valence-corrected chi connectivity index (χ1v) is 8.07. The summed E-state index contributed by atoms with van der Waals surface area (Å²) in [6.45, 7) is 3.84. The molecule has 0 aliphatic heterocycles. The van der Waals surface area contributed by atoms with Gasteiger partial charge in [0.2, 0.25) is 0 Å². The van der Waals surface area contributed by atoms with Gasteiger partial charge in [-0.1, -0.05) is 0 Å². The van der Waals surface area contributed by atoms with Crippen LogP contribution in [0.2, 0.25) is 0 Å². The Bertz CT molecular complexity index is 642. The van der Waals surface area contributed by atoms with Crippen LogP contribution in [0.25, 0.3) is 11.2 Å². The number of methoxy groups -OCH3 is 1.